The summed E-state index contributed by atoms with van der Waals surface area (Å²) in [6.07, 6.45) is 0.594. The van der Waals surface area contributed by atoms with Crippen molar-refractivity contribution >= 4 is 34.5 Å². The number of aromatic nitrogens is 2. The van der Waals surface area contributed by atoms with E-state index in [9.17, 15) is 13.2 Å². The van der Waals surface area contributed by atoms with Crippen molar-refractivity contribution in [1.29, 1.82) is 0 Å². The van der Waals surface area contributed by atoms with Crippen LogP contribution in [0.25, 0.3) is 0 Å². The first-order valence-electron chi connectivity index (χ1n) is 10.1. The summed E-state index contributed by atoms with van der Waals surface area (Å²) in [6.45, 7) is 4.81. The molecule has 3 rings (SSSR count). The molecule has 0 fully saturated rings. The number of hydrogen-bond donors (Lipinski definition) is 4. The lowest BCUT2D eigenvalue weighted by Gasteiger charge is -2.10. The van der Waals surface area contributed by atoms with Gasteiger partial charge in [-0.25, -0.2) is 24.1 Å². The lowest BCUT2D eigenvalue weighted by Crippen LogP contribution is -2.39. The summed E-state index contributed by atoms with van der Waals surface area (Å²) in [6, 6.07) is 11.9. The summed E-state index contributed by atoms with van der Waals surface area (Å²) in [7, 11) is -3.83. The normalized spacial score (nSPS) is 11.1. The fraction of sp³-hybridized carbons (Fsp3) is 0.286. The molecule has 3 N–H and O–H groups in total. The number of carbonyl (C=O) groups is 1. The van der Waals surface area contributed by atoms with Crippen LogP contribution in [0.3, 0.4) is 0 Å². The summed E-state index contributed by atoms with van der Waals surface area (Å²) in [5, 5.41) is 5.61. The highest BCUT2D eigenvalue weighted by molar-refractivity contribution is 7.90. The topological polar surface area (TPSA) is 135 Å². The Morgan fingerprint density at radius 3 is 2.76 bits per heavy atom. The Morgan fingerprint density at radius 2 is 2.00 bits per heavy atom. The number of benzene rings is 2. The van der Waals surface area contributed by atoms with Crippen LogP contribution in [0.1, 0.15) is 23.1 Å². The van der Waals surface area contributed by atoms with Crippen LogP contribution >= 0.6 is 12.6 Å². The third-order valence-corrected chi connectivity index (χ3v) is 6.14. The molecule has 176 valence electrons. The molecule has 0 saturated carbocycles. The standard InChI is InChI=1S/C21H25N5O5S2/c1-14-7-8-18(15(2)11-14)30-10-4-9-22-19(27)24-25-20-23-21(26-31-20)33(28,29)13-16-5-3-6-17(32)12-16/h3,5-8,11-12,32H,4,9-10,13H2,1-2H3,(H2,22,24,27)(H,23,25,26). The summed E-state index contributed by atoms with van der Waals surface area (Å²) >= 11 is 4.19. The third-order valence-electron chi connectivity index (χ3n) is 4.43. The van der Waals surface area contributed by atoms with E-state index in [0.29, 0.717) is 30.0 Å². The smallest absolute Gasteiger partial charge is 0.341 e. The Hall–Kier alpha value is -3.25. The zero-order valence-electron chi connectivity index (χ0n) is 18.2. The molecular formula is C21H25N5O5S2. The summed E-state index contributed by atoms with van der Waals surface area (Å²) < 4.78 is 35.5. The molecule has 1 heterocycles. The number of aryl methyl sites for hydroxylation is 2. The van der Waals surface area contributed by atoms with Crippen molar-refractivity contribution in [1.82, 2.24) is 20.9 Å². The van der Waals surface area contributed by atoms with Crippen molar-refractivity contribution < 1.29 is 22.5 Å². The number of nitrogens with zero attached hydrogens (tertiary/aromatic N) is 2. The van der Waals surface area contributed by atoms with Crippen molar-refractivity contribution in [2.24, 2.45) is 0 Å². The Bertz CT molecular complexity index is 1210. The van der Waals surface area contributed by atoms with Crippen LogP contribution in [-0.4, -0.2) is 37.7 Å². The van der Waals surface area contributed by atoms with Crippen molar-refractivity contribution in [3.8, 4) is 5.75 Å². The van der Waals surface area contributed by atoms with E-state index in [4.69, 9.17) is 9.26 Å². The largest absolute Gasteiger partial charge is 0.493 e. The molecule has 0 radical (unpaired) electrons. The van der Waals surface area contributed by atoms with Gasteiger partial charge < -0.3 is 14.6 Å². The predicted octanol–water partition coefficient (Wildman–Crippen LogP) is 3.04. The first kappa shape index (κ1) is 24.4. The number of carbonyl (C=O) groups excluding carboxylic acids is 1. The van der Waals surface area contributed by atoms with Gasteiger partial charge in [-0.3, -0.25) is 0 Å². The van der Waals surface area contributed by atoms with Gasteiger partial charge in [-0.15, -0.1) is 12.6 Å². The molecule has 33 heavy (non-hydrogen) atoms. The van der Waals surface area contributed by atoms with Crippen molar-refractivity contribution in [3.63, 3.8) is 0 Å². The average molecular weight is 492 g/mol. The van der Waals surface area contributed by atoms with E-state index in [1.807, 2.05) is 32.0 Å². The van der Waals surface area contributed by atoms with E-state index in [1.165, 1.54) is 5.56 Å². The van der Waals surface area contributed by atoms with Gasteiger partial charge in [-0.05, 0) is 54.8 Å². The molecule has 10 nitrogen and oxygen atoms in total. The van der Waals surface area contributed by atoms with Gasteiger partial charge in [0.15, 0.2) is 0 Å². The second kappa shape index (κ2) is 11.1. The predicted molar refractivity (Wildman–Crippen MR) is 125 cm³/mol. The Balaban J connectivity index is 1.39. The van der Waals surface area contributed by atoms with Gasteiger partial charge in [0.1, 0.15) is 5.75 Å². The van der Waals surface area contributed by atoms with Crippen LogP contribution in [-0.2, 0) is 15.6 Å². The van der Waals surface area contributed by atoms with E-state index in [0.717, 1.165) is 11.3 Å². The van der Waals surface area contributed by atoms with Crippen LogP contribution in [0.15, 0.2) is 57.0 Å². The number of anilines is 1. The third kappa shape index (κ3) is 7.39. The number of hydrazine groups is 1. The van der Waals surface area contributed by atoms with Gasteiger partial charge in [0.25, 0.3) is 5.16 Å². The van der Waals surface area contributed by atoms with E-state index < -0.39 is 21.0 Å². The second-order valence-electron chi connectivity index (χ2n) is 7.29. The van der Waals surface area contributed by atoms with E-state index in [-0.39, 0.29) is 11.8 Å². The SMILES string of the molecule is Cc1ccc(OCCCNC(=O)NNc2nc(S(=O)(=O)Cc3cccc(S)c3)no2)c(C)c1. The number of sulfone groups is 1. The quantitative estimate of drug-likeness (QED) is 0.193. The van der Waals surface area contributed by atoms with Crippen LogP contribution in [0.2, 0.25) is 0 Å². The van der Waals surface area contributed by atoms with Gasteiger partial charge in [-0.1, -0.05) is 29.8 Å². The number of ether oxygens (including phenoxy) is 1. The van der Waals surface area contributed by atoms with Crippen molar-refractivity contribution in [2.45, 2.75) is 36.1 Å². The highest BCUT2D eigenvalue weighted by Gasteiger charge is 2.23. The Kier molecular flexibility index (Phi) is 8.17. The van der Waals surface area contributed by atoms with Crippen LogP contribution in [0.5, 0.6) is 5.75 Å². The summed E-state index contributed by atoms with van der Waals surface area (Å²) in [5.74, 6) is 0.505. The highest BCUT2D eigenvalue weighted by atomic mass is 32.2. The van der Waals surface area contributed by atoms with Crippen molar-refractivity contribution in [3.05, 3.63) is 59.2 Å². The van der Waals surface area contributed by atoms with Gasteiger partial charge in [-0.2, -0.15) is 4.98 Å². The molecule has 3 aromatic rings. The van der Waals surface area contributed by atoms with Gasteiger partial charge in [0, 0.05) is 11.4 Å². The average Bonchev–Trinajstić information content (AvgIpc) is 3.23. The van der Waals surface area contributed by atoms with Crippen LogP contribution in [0.4, 0.5) is 10.8 Å². The Morgan fingerprint density at radius 1 is 1.18 bits per heavy atom. The fourth-order valence-electron chi connectivity index (χ4n) is 2.89. The lowest BCUT2D eigenvalue weighted by atomic mass is 10.1. The highest BCUT2D eigenvalue weighted by Crippen LogP contribution is 2.19. The minimum atomic E-state index is -3.83. The van der Waals surface area contributed by atoms with Gasteiger partial charge in [0.05, 0.1) is 12.4 Å². The molecule has 2 aromatic carbocycles. The van der Waals surface area contributed by atoms with Gasteiger partial charge in [0.2, 0.25) is 9.84 Å². The molecule has 0 bridgehead atoms. The molecule has 0 atom stereocenters. The van der Waals surface area contributed by atoms with Crippen molar-refractivity contribution in [2.75, 3.05) is 18.6 Å². The minimum absolute atomic E-state index is 0.259. The zero-order valence-corrected chi connectivity index (χ0v) is 19.9. The van der Waals surface area contributed by atoms with Crippen LogP contribution < -0.4 is 20.9 Å². The number of rotatable bonds is 10. The number of nitrogens with one attached hydrogen (secondary N) is 3. The summed E-state index contributed by atoms with van der Waals surface area (Å²) in [5.41, 5.74) is 7.45. The van der Waals surface area contributed by atoms with E-state index in [1.54, 1.807) is 24.3 Å². The molecule has 0 spiro atoms. The molecule has 12 heteroatoms. The molecule has 0 aliphatic carbocycles. The molecule has 0 unspecified atom stereocenters. The minimum Gasteiger partial charge on any atom is -0.493 e. The molecule has 0 aliphatic heterocycles. The maximum atomic E-state index is 12.5. The fourth-order valence-corrected chi connectivity index (χ4v) is 4.26. The number of amides is 2. The first-order chi connectivity index (χ1) is 15.7. The molecule has 0 saturated heterocycles. The second-order valence-corrected chi connectivity index (χ2v) is 9.69. The Labute approximate surface area is 197 Å². The number of urea groups is 1. The maximum absolute atomic E-state index is 12.5. The monoisotopic (exact) mass is 491 g/mol. The van der Waals surface area contributed by atoms with Crippen LogP contribution in [0, 0.1) is 13.8 Å². The summed E-state index contributed by atoms with van der Waals surface area (Å²) in [4.78, 5) is 16.3. The number of thiol groups is 1. The molecule has 2 amide bonds. The van der Waals surface area contributed by atoms with E-state index in [2.05, 4.69) is 38.9 Å². The van der Waals surface area contributed by atoms with E-state index >= 15 is 0 Å². The maximum Gasteiger partial charge on any atom is 0.341 e. The van der Waals surface area contributed by atoms with Gasteiger partial charge >= 0.3 is 12.0 Å². The molecule has 0 aliphatic rings. The number of hydrogen-bond acceptors (Lipinski definition) is 9. The molecular weight excluding hydrogens is 466 g/mol. The lowest BCUT2D eigenvalue weighted by molar-refractivity contribution is 0.240. The zero-order chi connectivity index (χ0) is 23.8. The first-order valence-corrected chi connectivity index (χ1v) is 12.2. The molecule has 1 aromatic heterocycles.